The van der Waals surface area contributed by atoms with Crippen LogP contribution in [0.2, 0.25) is 0 Å². The smallest absolute Gasteiger partial charge is 0.191 e. The summed E-state index contributed by atoms with van der Waals surface area (Å²) in [6.07, 6.45) is 4.69. The number of aromatic nitrogens is 2. The Balaban J connectivity index is 0.00000300. The monoisotopic (exact) mass is 505 g/mol. The van der Waals surface area contributed by atoms with Crippen LogP contribution in [0, 0.1) is 0 Å². The van der Waals surface area contributed by atoms with Gasteiger partial charge in [0.1, 0.15) is 11.6 Å². The molecule has 1 aromatic heterocycles. The van der Waals surface area contributed by atoms with Crippen molar-refractivity contribution in [3.05, 3.63) is 83.9 Å². The van der Waals surface area contributed by atoms with E-state index in [0.29, 0.717) is 6.54 Å². The highest BCUT2D eigenvalue weighted by Crippen LogP contribution is 2.17. The SMILES string of the molecule is CN=C(NCCc1ccccc1OC)NCc1nccn1Cc1ccccc1.I. The number of nitrogens with zero attached hydrogens (tertiary/aromatic N) is 3. The third kappa shape index (κ3) is 6.77. The maximum atomic E-state index is 5.40. The zero-order valence-corrected chi connectivity index (χ0v) is 19.2. The number of hydrogen-bond donors (Lipinski definition) is 2. The Kier molecular flexibility index (Phi) is 9.49. The molecule has 3 rings (SSSR count). The number of rotatable bonds is 8. The molecule has 7 heteroatoms. The van der Waals surface area contributed by atoms with Gasteiger partial charge in [-0.15, -0.1) is 24.0 Å². The van der Waals surface area contributed by atoms with Crippen LogP contribution >= 0.6 is 24.0 Å². The van der Waals surface area contributed by atoms with Crippen molar-refractivity contribution in [2.24, 2.45) is 4.99 Å². The quantitative estimate of drug-likeness (QED) is 0.280. The molecule has 3 aromatic rings. The van der Waals surface area contributed by atoms with Crippen molar-refractivity contribution in [2.45, 2.75) is 19.5 Å². The van der Waals surface area contributed by atoms with Gasteiger partial charge < -0.3 is 19.9 Å². The topological polar surface area (TPSA) is 63.5 Å². The normalized spacial score (nSPS) is 10.9. The second-order valence-corrected chi connectivity index (χ2v) is 6.37. The second kappa shape index (κ2) is 12.1. The molecule has 154 valence electrons. The molecule has 0 saturated heterocycles. The number of aliphatic imine (C=N–C) groups is 1. The molecule has 0 aliphatic carbocycles. The molecule has 0 aliphatic rings. The van der Waals surface area contributed by atoms with Gasteiger partial charge in [-0.25, -0.2) is 4.98 Å². The fourth-order valence-corrected chi connectivity index (χ4v) is 3.04. The van der Waals surface area contributed by atoms with Gasteiger partial charge in [0.2, 0.25) is 0 Å². The Morgan fingerprint density at radius 1 is 1.07 bits per heavy atom. The molecule has 0 radical (unpaired) electrons. The van der Waals surface area contributed by atoms with Crippen LogP contribution in [0.3, 0.4) is 0 Å². The minimum Gasteiger partial charge on any atom is -0.496 e. The van der Waals surface area contributed by atoms with Crippen LogP contribution in [0.15, 0.2) is 72.0 Å². The molecule has 0 saturated carbocycles. The summed E-state index contributed by atoms with van der Waals surface area (Å²) in [7, 11) is 3.47. The predicted octanol–water partition coefficient (Wildman–Crippen LogP) is 3.47. The molecule has 0 bridgehead atoms. The highest BCUT2D eigenvalue weighted by molar-refractivity contribution is 14.0. The van der Waals surface area contributed by atoms with Crippen LogP contribution in [-0.2, 0) is 19.5 Å². The largest absolute Gasteiger partial charge is 0.496 e. The minimum absolute atomic E-state index is 0. The summed E-state index contributed by atoms with van der Waals surface area (Å²) in [6.45, 7) is 2.17. The van der Waals surface area contributed by atoms with Gasteiger partial charge in [-0.05, 0) is 23.6 Å². The first-order chi connectivity index (χ1) is 13.8. The van der Waals surface area contributed by atoms with Crippen molar-refractivity contribution in [3.63, 3.8) is 0 Å². The zero-order valence-electron chi connectivity index (χ0n) is 16.8. The number of hydrogen-bond acceptors (Lipinski definition) is 3. The number of methoxy groups -OCH3 is 1. The van der Waals surface area contributed by atoms with Crippen molar-refractivity contribution in [2.75, 3.05) is 20.7 Å². The van der Waals surface area contributed by atoms with E-state index in [1.165, 1.54) is 11.1 Å². The van der Waals surface area contributed by atoms with Gasteiger partial charge in [-0.2, -0.15) is 0 Å². The fraction of sp³-hybridized carbons (Fsp3) is 0.273. The first-order valence-corrected chi connectivity index (χ1v) is 9.40. The molecular weight excluding hydrogens is 477 g/mol. The Morgan fingerprint density at radius 3 is 2.59 bits per heavy atom. The Hall–Kier alpha value is -2.55. The Morgan fingerprint density at radius 2 is 1.83 bits per heavy atom. The van der Waals surface area contributed by atoms with Gasteiger partial charge in [0, 0.05) is 32.5 Å². The maximum absolute atomic E-state index is 5.40. The van der Waals surface area contributed by atoms with Crippen molar-refractivity contribution in [1.82, 2.24) is 20.2 Å². The minimum atomic E-state index is 0. The molecular formula is C22H28IN5O. The molecule has 0 unspecified atom stereocenters. The van der Waals surface area contributed by atoms with Gasteiger partial charge >= 0.3 is 0 Å². The molecule has 1 heterocycles. The van der Waals surface area contributed by atoms with E-state index in [1.54, 1.807) is 14.2 Å². The van der Waals surface area contributed by atoms with E-state index in [-0.39, 0.29) is 24.0 Å². The highest BCUT2D eigenvalue weighted by Gasteiger charge is 2.06. The maximum Gasteiger partial charge on any atom is 0.191 e. The fourth-order valence-electron chi connectivity index (χ4n) is 3.04. The second-order valence-electron chi connectivity index (χ2n) is 6.37. The number of para-hydroxylation sites is 1. The van der Waals surface area contributed by atoms with Crippen LogP contribution in [0.4, 0.5) is 0 Å². The van der Waals surface area contributed by atoms with E-state index < -0.39 is 0 Å². The van der Waals surface area contributed by atoms with Crippen molar-refractivity contribution in [1.29, 1.82) is 0 Å². The Labute approximate surface area is 189 Å². The van der Waals surface area contributed by atoms with Gasteiger partial charge in [-0.3, -0.25) is 4.99 Å². The van der Waals surface area contributed by atoms with E-state index in [1.807, 2.05) is 36.7 Å². The third-order valence-electron chi connectivity index (χ3n) is 4.51. The van der Waals surface area contributed by atoms with E-state index in [2.05, 4.69) is 55.5 Å². The molecule has 29 heavy (non-hydrogen) atoms. The summed E-state index contributed by atoms with van der Waals surface area (Å²) >= 11 is 0. The number of benzene rings is 2. The van der Waals surface area contributed by atoms with E-state index in [9.17, 15) is 0 Å². The lowest BCUT2D eigenvalue weighted by atomic mass is 10.1. The zero-order chi connectivity index (χ0) is 19.6. The van der Waals surface area contributed by atoms with Crippen LogP contribution in [0.5, 0.6) is 5.75 Å². The van der Waals surface area contributed by atoms with Gasteiger partial charge in [0.25, 0.3) is 0 Å². The summed E-state index contributed by atoms with van der Waals surface area (Å²) < 4.78 is 7.55. The first-order valence-electron chi connectivity index (χ1n) is 9.40. The van der Waals surface area contributed by atoms with Crippen LogP contribution < -0.4 is 15.4 Å². The molecule has 0 amide bonds. The van der Waals surface area contributed by atoms with Gasteiger partial charge in [-0.1, -0.05) is 48.5 Å². The summed E-state index contributed by atoms with van der Waals surface area (Å²) in [4.78, 5) is 8.77. The average molecular weight is 505 g/mol. The van der Waals surface area contributed by atoms with Crippen molar-refractivity contribution >= 4 is 29.9 Å². The number of halogens is 1. The lowest BCUT2D eigenvalue weighted by Crippen LogP contribution is -2.38. The molecule has 0 fully saturated rings. The standard InChI is InChI=1S/C22H27N5O.HI/c1-23-22(25-13-12-19-10-6-7-11-20(19)28-2)26-16-21-24-14-15-27(21)17-18-8-4-3-5-9-18;/h3-11,14-15H,12-13,16-17H2,1-2H3,(H2,23,25,26);1H. The number of guanidine groups is 1. The third-order valence-corrected chi connectivity index (χ3v) is 4.51. The summed E-state index contributed by atoms with van der Waals surface area (Å²) in [5.41, 5.74) is 2.42. The van der Waals surface area contributed by atoms with Crippen LogP contribution in [-0.4, -0.2) is 36.2 Å². The number of nitrogens with one attached hydrogen (secondary N) is 2. The van der Waals surface area contributed by atoms with Gasteiger partial charge in [0.15, 0.2) is 5.96 Å². The van der Waals surface area contributed by atoms with Crippen molar-refractivity contribution < 1.29 is 4.74 Å². The number of ether oxygens (including phenoxy) is 1. The molecule has 0 atom stereocenters. The number of imidazole rings is 1. The lowest BCUT2D eigenvalue weighted by molar-refractivity contribution is 0.409. The van der Waals surface area contributed by atoms with E-state index in [0.717, 1.165) is 37.0 Å². The highest BCUT2D eigenvalue weighted by atomic mass is 127. The lowest BCUT2D eigenvalue weighted by Gasteiger charge is -2.14. The predicted molar refractivity (Wildman–Crippen MR) is 128 cm³/mol. The van der Waals surface area contributed by atoms with Gasteiger partial charge in [0.05, 0.1) is 13.7 Å². The molecule has 2 N–H and O–H groups in total. The van der Waals surface area contributed by atoms with Crippen LogP contribution in [0.1, 0.15) is 17.0 Å². The molecule has 6 nitrogen and oxygen atoms in total. The first kappa shape index (κ1) is 22.7. The molecule has 0 spiro atoms. The summed E-state index contributed by atoms with van der Waals surface area (Å²) in [5, 5.41) is 6.68. The molecule has 2 aromatic carbocycles. The molecule has 0 aliphatic heterocycles. The Bertz CT molecular complexity index is 895. The summed E-state index contributed by atoms with van der Waals surface area (Å²) in [5.74, 6) is 2.64. The van der Waals surface area contributed by atoms with E-state index in [4.69, 9.17) is 4.74 Å². The van der Waals surface area contributed by atoms with Crippen LogP contribution in [0.25, 0.3) is 0 Å². The van der Waals surface area contributed by atoms with E-state index >= 15 is 0 Å². The average Bonchev–Trinajstić information content (AvgIpc) is 3.18. The van der Waals surface area contributed by atoms with Crippen molar-refractivity contribution in [3.8, 4) is 5.75 Å². The summed E-state index contributed by atoms with van der Waals surface area (Å²) in [6, 6.07) is 18.4.